The molecular formula is C28H24ClN7O3. The Balaban J connectivity index is 1.35. The molecule has 6 rings (SSSR count). The van der Waals surface area contributed by atoms with E-state index in [0.717, 1.165) is 63.7 Å². The second-order valence-corrected chi connectivity index (χ2v) is 9.98. The van der Waals surface area contributed by atoms with Gasteiger partial charge in [0.05, 0.1) is 29.3 Å². The average Bonchev–Trinajstić information content (AvgIpc) is 3.62. The molecule has 196 valence electrons. The zero-order chi connectivity index (χ0) is 27.3. The lowest BCUT2D eigenvalue weighted by Crippen LogP contribution is -2.24. The second-order valence-electron chi connectivity index (χ2n) is 9.59. The first-order valence-corrected chi connectivity index (χ1v) is 12.8. The molecule has 0 radical (unpaired) electrons. The summed E-state index contributed by atoms with van der Waals surface area (Å²) in [5.41, 5.74) is 7.36. The number of halogens is 1. The number of aromatic nitrogens is 6. The van der Waals surface area contributed by atoms with E-state index < -0.39 is 6.09 Å². The van der Waals surface area contributed by atoms with Crippen molar-refractivity contribution in [2.24, 2.45) is 0 Å². The van der Waals surface area contributed by atoms with Crippen molar-refractivity contribution in [3.8, 4) is 28.1 Å². The third-order valence-electron chi connectivity index (χ3n) is 6.95. The van der Waals surface area contributed by atoms with Crippen LogP contribution < -0.4 is 10.9 Å². The fraction of sp³-hybridized carbons (Fsp3) is 0.179. The number of anilines is 1. The lowest BCUT2D eigenvalue weighted by atomic mass is 10.0. The predicted octanol–water partition coefficient (Wildman–Crippen LogP) is 5.38. The van der Waals surface area contributed by atoms with Gasteiger partial charge in [0.25, 0.3) is 5.56 Å². The number of pyridine rings is 1. The molecule has 10 nitrogen and oxygen atoms in total. The van der Waals surface area contributed by atoms with Gasteiger partial charge in [0.2, 0.25) is 0 Å². The van der Waals surface area contributed by atoms with Gasteiger partial charge in [0.1, 0.15) is 5.82 Å². The first-order chi connectivity index (χ1) is 18.8. The number of nitrogens with zero attached hydrogens (tertiary/aromatic N) is 5. The van der Waals surface area contributed by atoms with E-state index in [9.17, 15) is 9.59 Å². The summed E-state index contributed by atoms with van der Waals surface area (Å²) in [6.45, 7) is 3.92. The lowest BCUT2D eigenvalue weighted by molar-refractivity contribution is 0.209. The van der Waals surface area contributed by atoms with Gasteiger partial charge in [-0.05, 0) is 68.1 Å². The van der Waals surface area contributed by atoms with E-state index in [-0.39, 0.29) is 11.6 Å². The number of imidazole rings is 1. The van der Waals surface area contributed by atoms with Gasteiger partial charge in [-0.1, -0.05) is 40.6 Å². The number of benzene rings is 2. The van der Waals surface area contributed by atoms with Crippen molar-refractivity contribution < 1.29 is 9.90 Å². The van der Waals surface area contributed by atoms with Crippen molar-refractivity contribution >= 4 is 23.4 Å². The highest BCUT2D eigenvalue weighted by Crippen LogP contribution is 2.35. The van der Waals surface area contributed by atoms with Crippen LogP contribution in [0, 0.1) is 13.8 Å². The summed E-state index contributed by atoms with van der Waals surface area (Å²) in [6, 6.07) is 16.5. The maximum atomic E-state index is 13.5. The number of amides is 1. The molecular weight excluding hydrogens is 518 g/mol. The summed E-state index contributed by atoms with van der Waals surface area (Å²) >= 11 is 6.01. The predicted molar refractivity (Wildman–Crippen MR) is 148 cm³/mol. The molecule has 0 spiro atoms. The number of fused-ring (bicyclic) bond motifs is 1. The van der Waals surface area contributed by atoms with Crippen molar-refractivity contribution in [1.82, 2.24) is 29.5 Å². The van der Waals surface area contributed by atoms with Crippen LogP contribution in [0.3, 0.4) is 0 Å². The van der Waals surface area contributed by atoms with E-state index in [1.807, 2.05) is 48.7 Å². The molecule has 39 heavy (non-hydrogen) atoms. The van der Waals surface area contributed by atoms with E-state index in [1.165, 1.54) is 0 Å². The van der Waals surface area contributed by atoms with Crippen molar-refractivity contribution in [3.63, 3.8) is 0 Å². The van der Waals surface area contributed by atoms with Gasteiger partial charge in [-0.15, -0.1) is 5.10 Å². The molecule has 1 amide bonds. The molecule has 1 atom stereocenters. The molecule has 2 aromatic carbocycles. The van der Waals surface area contributed by atoms with E-state index in [1.54, 1.807) is 29.1 Å². The Labute approximate surface area is 227 Å². The quantitative estimate of drug-likeness (QED) is 0.274. The largest absolute Gasteiger partial charge is 0.465 e. The summed E-state index contributed by atoms with van der Waals surface area (Å²) in [7, 11) is 0. The highest BCUT2D eigenvalue weighted by Gasteiger charge is 2.29. The van der Waals surface area contributed by atoms with E-state index >= 15 is 0 Å². The normalized spacial score (nSPS) is 14.4. The van der Waals surface area contributed by atoms with Gasteiger partial charge in [0.15, 0.2) is 5.15 Å². The van der Waals surface area contributed by atoms with Crippen LogP contribution in [0.1, 0.15) is 35.2 Å². The molecule has 0 saturated heterocycles. The van der Waals surface area contributed by atoms with Crippen LogP contribution in [0.15, 0.2) is 65.6 Å². The number of rotatable bonds is 5. The molecule has 4 heterocycles. The number of nitrogens with one attached hydrogen (secondary N) is 2. The van der Waals surface area contributed by atoms with Crippen molar-refractivity contribution in [2.75, 3.05) is 5.32 Å². The van der Waals surface area contributed by atoms with Crippen molar-refractivity contribution in [2.45, 2.75) is 32.7 Å². The van der Waals surface area contributed by atoms with E-state index in [0.29, 0.717) is 10.8 Å². The number of hydrogen-bond donors (Lipinski definition) is 3. The monoisotopic (exact) mass is 541 g/mol. The summed E-state index contributed by atoms with van der Waals surface area (Å²) in [6.07, 6.45) is 2.00. The van der Waals surface area contributed by atoms with Crippen molar-refractivity contribution in [1.29, 1.82) is 0 Å². The van der Waals surface area contributed by atoms with Crippen LogP contribution in [0.4, 0.5) is 10.5 Å². The molecule has 11 heteroatoms. The zero-order valence-corrected chi connectivity index (χ0v) is 21.9. The first-order valence-electron chi connectivity index (χ1n) is 12.4. The van der Waals surface area contributed by atoms with Gasteiger partial charge in [-0.3, -0.25) is 10.1 Å². The highest BCUT2D eigenvalue weighted by atomic mass is 35.5. The molecule has 0 aliphatic carbocycles. The standard InChI is InChI=1S/C28H24ClN7O3/c1-15-3-9-22(35-14-24(29)33-34-35)21(11-15)18-12-20-8-10-23(36(20)25(37)13-18)27-30-16(2)26(32-27)17-4-6-19(7-5-17)31-28(38)39/h3-7,9,11-14,23,31H,8,10H2,1-2H3,(H,30,32)(H,38,39)/t23-/m0/s1. The van der Waals surface area contributed by atoms with E-state index in [4.69, 9.17) is 21.7 Å². The maximum absolute atomic E-state index is 13.5. The number of H-pyrrole nitrogens is 1. The SMILES string of the molecule is Cc1ccc(-n2cc(Cl)nn2)c(-c2cc3n(c(=O)c2)[C@H](c2nc(C)c(-c4ccc(NC(=O)O)cc4)[nH]2)CC3)c1. The fourth-order valence-corrected chi connectivity index (χ4v) is 5.34. The first kappa shape index (κ1) is 24.6. The van der Waals surface area contributed by atoms with Gasteiger partial charge in [0, 0.05) is 23.0 Å². The minimum atomic E-state index is -1.11. The number of aryl methyl sites for hydroxylation is 3. The topological polar surface area (TPSA) is 131 Å². The van der Waals surface area contributed by atoms with Gasteiger partial charge >= 0.3 is 6.09 Å². The van der Waals surface area contributed by atoms with Crippen LogP contribution in [-0.2, 0) is 6.42 Å². The Bertz CT molecular complexity index is 1790. The minimum absolute atomic E-state index is 0.103. The van der Waals surface area contributed by atoms with Crippen LogP contribution in [0.25, 0.3) is 28.1 Å². The Morgan fingerprint density at radius 1 is 1.10 bits per heavy atom. The third-order valence-corrected chi connectivity index (χ3v) is 7.13. The minimum Gasteiger partial charge on any atom is -0.465 e. The number of aromatic amines is 1. The Hall–Kier alpha value is -4.70. The number of hydrogen-bond acceptors (Lipinski definition) is 5. The summed E-state index contributed by atoms with van der Waals surface area (Å²) in [5.74, 6) is 0.720. The Kier molecular flexibility index (Phi) is 6.03. The van der Waals surface area contributed by atoms with Crippen molar-refractivity contribution in [3.05, 3.63) is 99.1 Å². The average molecular weight is 542 g/mol. The summed E-state index contributed by atoms with van der Waals surface area (Å²) in [4.78, 5) is 32.6. The molecule has 0 saturated carbocycles. The molecule has 0 bridgehead atoms. The molecule has 5 aromatic rings. The van der Waals surface area contributed by atoms with Crippen LogP contribution in [-0.4, -0.2) is 40.7 Å². The maximum Gasteiger partial charge on any atom is 0.409 e. The van der Waals surface area contributed by atoms with Crippen LogP contribution in [0.5, 0.6) is 0 Å². The van der Waals surface area contributed by atoms with Gasteiger partial charge < -0.3 is 14.7 Å². The van der Waals surface area contributed by atoms with Crippen LogP contribution in [0.2, 0.25) is 5.15 Å². The Morgan fingerprint density at radius 2 is 1.90 bits per heavy atom. The summed E-state index contributed by atoms with van der Waals surface area (Å²) < 4.78 is 3.43. The zero-order valence-electron chi connectivity index (χ0n) is 21.1. The lowest BCUT2D eigenvalue weighted by Gasteiger charge is -2.15. The summed E-state index contributed by atoms with van der Waals surface area (Å²) in [5, 5.41) is 19.5. The molecule has 0 unspecified atom stereocenters. The molecule has 0 fully saturated rings. The van der Waals surface area contributed by atoms with Gasteiger partial charge in [-0.2, -0.15) is 0 Å². The smallest absolute Gasteiger partial charge is 0.409 e. The Morgan fingerprint density at radius 3 is 2.62 bits per heavy atom. The number of carbonyl (C=O) groups is 1. The fourth-order valence-electron chi connectivity index (χ4n) is 5.22. The molecule has 1 aliphatic heterocycles. The van der Waals surface area contributed by atoms with Gasteiger partial charge in [-0.25, -0.2) is 14.5 Å². The van der Waals surface area contributed by atoms with Crippen LogP contribution >= 0.6 is 11.6 Å². The molecule has 3 N–H and O–H groups in total. The number of carboxylic acid groups (broad SMARTS) is 1. The second kappa shape index (κ2) is 9.55. The highest BCUT2D eigenvalue weighted by molar-refractivity contribution is 6.29. The van der Waals surface area contributed by atoms with E-state index in [2.05, 4.69) is 26.7 Å². The third kappa shape index (κ3) is 4.59. The molecule has 1 aliphatic rings. The molecule has 3 aromatic heterocycles.